The molecule has 5 aromatic rings. The summed E-state index contributed by atoms with van der Waals surface area (Å²) in [7, 11) is 2.31. The van der Waals surface area contributed by atoms with Crippen LogP contribution in [-0.2, 0) is 23.7 Å². The highest BCUT2D eigenvalue weighted by atomic mass is 32.2. The molecule has 0 saturated heterocycles. The third-order valence-electron chi connectivity index (χ3n) is 13.7. The number of likely N-dealkylation sites (N-methyl/N-ethyl adjacent to an activating group) is 1. The van der Waals surface area contributed by atoms with Crippen molar-refractivity contribution < 1.29 is 0 Å². The van der Waals surface area contributed by atoms with E-state index in [-0.39, 0.29) is 23.2 Å². The average molecular weight is 712 g/mol. The van der Waals surface area contributed by atoms with Crippen molar-refractivity contribution in [3.05, 3.63) is 172 Å². The van der Waals surface area contributed by atoms with Crippen molar-refractivity contribution in [3.63, 3.8) is 0 Å². The van der Waals surface area contributed by atoms with Crippen LogP contribution < -0.4 is 5.32 Å². The normalized spacial score (nSPS) is 30.0. The Labute approximate surface area is 319 Å². The van der Waals surface area contributed by atoms with Crippen LogP contribution in [0.3, 0.4) is 0 Å². The smallest absolute Gasteiger partial charge is 0.162 e. The second-order valence-electron chi connectivity index (χ2n) is 16.8. The van der Waals surface area contributed by atoms with Crippen LogP contribution in [0.2, 0.25) is 0 Å². The van der Waals surface area contributed by atoms with Crippen molar-refractivity contribution >= 4 is 34.4 Å². The molecule has 7 unspecified atom stereocenters. The summed E-state index contributed by atoms with van der Waals surface area (Å²) in [4.78, 5) is 3.96. The predicted molar refractivity (Wildman–Crippen MR) is 223 cm³/mol. The lowest BCUT2D eigenvalue weighted by Gasteiger charge is -2.44. The number of nitrogens with one attached hydrogen (secondary N) is 1. The number of fused-ring (bicyclic) bond motifs is 7. The van der Waals surface area contributed by atoms with E-state index in [4.69, 9.17) is 0 Å². The van der Waals surface area contributed by atoms with Crippen LogP contribution in [-0.4, -0.2) is 21.8 Å². The van der Waals surface area contributed by atoms with Gasteiger partial charge < -0.3 is 9.88 Å². The molecule has 2 aliphatic heterocycles. The Balaban J connectivity index is 1.16. The van der Waals surface area contributed by atoms with Crippen molar-refractivity contribution in [1.82, 2.24) is 14.8 Å². The highest BCUT2D eigenvalue weighted by Crippen LogP contribution is 2.53. The van der Waals surface area contributed by atoms with Crippen molar-refractivity contribution in [2.24, 2.45) is 5.92 Å². The number of hydrogen-bond donors (Lipinski definition) is 1. The summed E-state index contributed by atoms with van der Waals surface area (Å²) in [6.07, 6.45) is 19.5. The molecular formula is C49H49N3S. The van der Waals surface area contributed by atoms with E-state index in [0.717, 1.165) is 19.3 Å². The fourth-order valence-corrected chi connectivity index (χ4v) is 11.7. The molecule has 3 heterocycles. The van der Waals surface area contributed by atoms with Crippen LogP contribution in [0.4, 0.5) is 0 Å². The first-order valence-corrected chi connectivity index (χ1v) is 20.5. The van der Waals surface area contributed by atoms with Gasteiger partial charge in [0.2, 0.25) is 0 Å². The van der Waals surface area contributed by atoms with Gasteiger partial charge in [0.1, 0.15) is 0 Å². The van der Waals surface area contributed by atoms with Gasteiger partial charge in [-0.1, -0.05) is 137 Å². The van der Waals surface area contributed by atoms with Crippen molar-refractivity contribution in [2.75, 3.05) is 7.05 Å². The van der Waals surface area contributed by atoms with Crippen LogP contribution in [0, 0.1) is 5.92 Å². The first-order valence-electron chi connectivity index (χ1n) is 19.6. The molecule has 0 radical (unpaired) electrons. The molecule has 4 aromatic carbocycles. The van der Waals surface area contributed by atoms with Crippen molar-refractivity contribution in [3.8, 4) is 0 Å². The zero-order chi connectivity index (χ0) is 36.1. The molecule has 0 saturated carbocycles. The van der Waals surface area contributed by atoms with Gasteiger partial charge in [0, 0.05) is 37.8 Å². The summed E-state index contributed by atoms with van der Waals surface area (Å²) in [5.74, 6) is 1.00. The summed E-state index contributed by atoms with van der Waals surface area (Å²) < 4.78 is 2.72. The average Bonchev–Trinajstić information content (AvgIpc) is 3.64. The Morgan fingerprint density at radius 3 is 2.49 bits per heavy atom. The fraction of sp³-hybridized carbons (Fsp3) is 0.306. The monoisotopic (exact) mass is 711 g/mol. The first-order chi connectivity index (χ1) is 25.7. The zero-order valence-electron chi connectivity index (χ0n) is 31.5. The molecule has 1 aromatic heterocycles. The topological polar surface area (TPSA) is 20.2 Å². The molecule has 5 aliphatic rings. The minimum atomic E-state index is -0.0840. The highest BCUT2D eigenvalue weighted by molar-refractivity contribution is 8.00. The summed E-state index contributed by atoms with van der Waals surface area (Å²) in [6.45, 7) is 9.77. The van der Waals surface area contributed by atoms with Gasteiger partial charge in [-0.2, -0.15) is 0 Å². The largest absolute Gasteiger partial charge is 0.352 e. The van der Waals surface area contributed by atoms with Crippen molar-refractivity contribution in [2.45, 2.75) is 86.2 Å². The van der Waals surface area contributed by atoms with Crippen LogP contribution >= 0.6 is 11.8 Å². The van der Waals surface area contributed by atoms with Gasteiger partial charge in [-0.15, -0.1) is 11.8 Å². The summed E-state index contributed by atoms with van der Waals surface area (Å²) >= 11 is 2.01. The lowest BCUT2D eigenvalue weighted by molar-refractivity contribution is 0.115. The Morgan fingerprint density at radius 1 is 0.887 bits per heavy atom. The van der Waals surface area contributed by atoms with Gasteiger partial charge in [0.15, 0.2) is 6.29 Å². The molecule has 0 bridgehead atoms. The molecule has 7 atom stereocenters. The molecule has 1 N–H and O–H groups in total. The van der Waals surface area contributed by atoms with Gasteiger partial charge in [0.05, 0.1) is 11.6 Å². The Morgan fingerprint density at radius 2 is 1.68 bits per heavy atom. The third kappa shape index (κ3) is 5.05. The molecule has 266 valence electrons. The molecule has 10 rings (SSSR count). The Kier molecular flexibility index (Phi) is 7.66. The SMILES string of the molecule is CC1CC=Cc2cc3c4c(n(C5NC(c6ccc7c(c6)SC6C=CC=CC76C)=CC(c6ccccc6)N5C)c3cc21)CC(C)(c1ccccc1)C(C)C4. The zero-order valence-corrected chi connectivity index (χ0v) is 32.3. The number of nitrogens with zero attached hydrogens (tertiary/aromatic N) is 2. The summed E-state index contributed by atoms with van der Waals surface area (Å²) in [5, 5.41) is 6.05. The van der Waals surface area contributed by atoms with Crippen LogP contribution in [0.1, 0.15) is 97.0 Å². The number of thioether (sulfide) groups is 1. The van der Waals surface area contributed by atoms with Gasteiger partial charge in [-0.05, 0) is 101 Å². The first kappa shape index (κ1) is 33.1. The van der Waals surface area contributed by atoms with E-state index in [0.29, 0.717) is 17.1 Å². The number of rotatable bonds is 4. The van der Waals surface area contributed by atoms with Crippen LogP contribution in [0.25, 0.3) is 22.7 Å². The number of aromatic nitrogens is 1. The van der Waals surface area contributed by atoms with Gasteiger partial charge in [0.25, 0.3) is 0 Å². The molecule has 0 fully saturated rings. The fourth-order valence-electron chi connectivity index (χ4n) is 10.2. The van der Waals surface area contributed by atoms with E-state index in [1.54, 1.807) is 0 Å². The van der Waals surface area contributed by atoms with E-state index in [1.165, 1.54) is 66.1 Å². The molecule has 0 spiro atoms. The van der Waals surface area contributed by atoms with E-state index >= 15 is 0 Å². The standard InChI is InChI=1S/C49H49N3S/c1-31-15-14-18-34-26-39-38-25-32(2)49(4,36-19-10-7-11-20-36)30-44(38)52(43(39)28-37(31)34)47-50-41(29-42(51(47)5)33-16-8-6-9-17-33)35-22-23-40-45(27-35)53-46-21-12-13-24-48(40,46)3/h6-14,16-24,26-29,31-32,42,46-47,50H,15,25,30H2,1-5H3. The maximum atomic E-state index is 4.20. The maximum absolute atomic E-state index is 4.20. The maximum Gasteiger partial charge on any atom is 0.162 e. The van der Waals surface area contributed by atoms with Crippen LogP contribution in [0.5, 0.6) is 0 Å². The van der Waals surface area contributed by atoms with Crippen LogP contribution in [0.15, 0.2) is 132 Å². The summed E-state index contributed by atoms with van der Waals surface area (Å²) in [5.41, 5.74) is 13.9. The van der Waals surface area contributed by atoms with E-state index in [2.05, 4.69) is 183 Å². The van der Waals surface area contributed by atoms with E-state index in [9.17, 15) is 0 Å². The molecule has 3 nitrogen and oxygen atoms in total. The molecule has 53 heavy (non-hydrogen) atoms. The lowest BCUT2D eigenvalue weighted by Crippen LogP contribution is -2.46. The predicted octanol–water partition coefficient (Wildman–Crippen LogP) is 11.5. The number of allylic oxidation sites excluding steroid dienone is 4. The van der Waals surface area contributed by atoms with Gasteiger partial charge in [-0.3, -0.25) is 4.90 Å². The molecule has 0 amide bonds. The number of hydrogen-bond acceptors (Lipinski definition) is 3. The second-order valence-corrected chi connectivity index (χ2v) is 18.0. The molecule has 4 heteroatoms. The van der Waals surface area contributed by atoms with Gasteiger partial charge >= 0.3 is 0 Å². The summed E-state index contributed by atoms with van der Waals surface area (Å²) in [6, 6.07) is 34.8. The van der Waals surface area contributed by atoms with E-state index in [1.807, 2.05) is 11.8 Å². The minimum Gasteiger partial charge on any atom is -0.352 e. The molecule has 3 aliphatic carbocycles. The molecular weight excluding hydrogens is 663 g/mol. The Hall–Kier alpha value is -4.51. The Bertz CT molecular complexity index is 2380. The second kappa shape index (κ2) is 12.3. The van der Waals surface area contributed by atoms with E-state index < -0.39 is 0 Å². The lowest BCUT2D eigenvalue weighted by atomic mass is 9.64. The third-order valence-corrected chi connectivity index (χ3v) is 15.2. The van der Waals surface area contributed by atoms with Gasteiger partial charge in [-0.25, -0.2) is 0 Å². The highest BCUT2D eigenvalue weighted by Gasteiger charge is 2.44. The minimum absolute atomic E-state index is 0.0188. The van der Waals surface area contributed by atoms with Crippen molar-refractivity contribution in [1.29, 1.82) is 0 Å². The quantitative estimate of drug-likeness (QED) is 0.200. The number of benzene rings is 4.